The van der Waals surface area contributed by atoms with Crippen LogP contribution in [0.15, 0.2) is 11.2 Å². The summed E-state index contributed by atoms with van der Waals surface area (Å²) in [4.78, 5) is 6.55. The van der Waals surface area contributed by atoms with Crippen LogP contribution >= 0.6 is 0 Å². The second-order valence-corrected chi connectivity index (χ2v) is 5.83. The van der Waals surface area contributed by atoms with E-state index < -0.39 is 5.54 Å². The van der Waals surface area contributed by atoms with Crippen LogP contribution < -0.4 is 10.6 Å². The van der Waals surface area contributed by atoms with Crippen LogP contribution in [0.25, 0.3) is 0 Å². The van der Waals surface area contributed by atoms with Crippen molar-refractivity contribution in [2.24, 2.45) is 10.9 Å². The van der Waals surface area contributed by atoms with Gasteiger partial charge in [0.2, 0.25) is 0 Å². The van der Waals surface area contributed by atoms with Gasteiger partial charge in [-0.15, -0.1) is 0 Å². The average molecular weight is 278 g/mol. The standard InChI is InChI=1S/C14H22N4O2/c1-14(2,8-19)18(3)13-10(12(15)17-20)7-9-5-4-6-11(9)16-13/h7,19-20H,4-6,8H2,1-3H3,(H2,15,17). The molecule has 0 saturated heterocycles. The van der Waals surface area contributed by atoms with Crippen LogP contribution in [0.4, 0.5) is 5.82 Å². The van der Waals surface area contributed by atoms with E-state index in [2.05, 4.69) is 10.1 Å². The maximum atomic E-state index is 9.53. The molecule has 0 atom stereocenters. The number of hydrogen-bond donors (Lipinski definition) is 3. The first-order valence-corrected chi connectivity index (χ1v) is 6.76. The van der Waals surface area contributed by atoms with Gasteiger partial charge in [0.15, 0.2) is 5.84 Å². The predicted octanol–water partition coefficient (Wildman–Crippen LogP) is 0.872. The van der Waals surface area contributed by atoms with Crippen molar-refractivity contribution in [1.29, 1.82) is 0 Å². The lowest BCUT2D eigenvalue weighted by Gasteiger charge is -2.36. The Bertz CT molecular complexity index is 540. The average Bonchev–Trinajstić information content (AvgIpc) is 2.91. The molecule has 20 heavy (non-hydrogen) atoms. The number of amidine groups is 1. The number of fused-ring (bicyclic) bond motifs is 1. The first-order chi connectivity index (χ1) is 9.40. The van der Waals surface area contributed by atoms with Gasteiger partial charge < -0.3 is 20.9 Å². The van der Waals surface area contributed by atoms with Crippen molar-refractivity contribution in [3.05, 3.63) is 22.9 Å². The second kappa shape index (κ2) is 5.28. The van der Waals surface area contributed by atoms with Gasteiger partial charge in [0.25, 0.3) is 0 Å². The van der Waals surface area contributed by atoms with Crippen LogP contribution in [-0.4, -0.2) is 40.3 Å². The molecule has 0 radical (unpaired) electrons. The fourth-order valence-corrected chi connectivity index (χ4v) is 2.35. The molecule has 0 amide bonds. The maximum absolute atomic E-state index is 9.53. The lowest BCUT2D eigenvalue weighted by molar-refractivity contribution is 0.215. The van der Waals surface area contributed by atoms with Gasteiger partial charge in [0, 0.05) is 12.7 Å². The molecule has 4 N–H and O–H groups in total. The van der Waals surface area contributed by atoms with E-state index in [0.717, 1.165) is 30.5 Å². The van der Waals surface area contributed by atoms with Crippen LogP contribution in [0.2, 0.25) is 0 Å². The third-order valence-corrected chi connectivity index (χ3v) is 4.03. The highest BCUT2D eigenvalue weighted by molar-refractivity contribution is 6.01. The van der Waals surface area contributed by atoms with Crippen molar-refractivity contribution in [2.75, 3.05) is 18.6 Å². The zero-order chi connectivity index (χ0) is 14.9. The number of oxime groups is 1. The summed E-state index contributed by atoms with van der Waals surface area (Å²) in [6.45, 7) is 3.81. The first-order valence-electron chi connectivity index (χ1n) is 6.76. The molecule has 0 spiro atoms. The van der Waals surface area contributed by atoms with E-state index in [4.69, 9.17) is 10.9 Å². The minimum absolute atomic E-state index is 0.0160. The van der Waals surface area contributed by atoms with E-state index in [1.54, 1.807) is 0 Å². The first kappa shape index (κ1) is 14.6. The Morgan fingerprint density at radius 3 is 2.80 bits per heavy atom. The molecule has 0 fully saturated rings. The summed E-state index contributed by atoms with van der Waals surface area (Å²) in [6, 6.07) is 1.95. The van der Waals surface area contributed by atoms with Crippen LogP contribution in [0.1, 0.15) is 37.1 Å². The molecule has 1 heterocycles. The molecule has 0 unspecified atom stereocenters. The van der Waals surface area contributed by atoms with Gasteiger partial charge in [-0.25, -0.2) is 4.98 Å². The summed E-state index contributed by atoms with van der Waals surface area (Å²) in [5.74, 6) is 0.683. The predicted molar refractivity (Wildman–Crippen MR) is 78.3 cm³/mol. The van der Waals surface area contributed by atoms with E-state index >= 15 is 0 Å². The van der Waals surface area contributed by atoms with Gasteiger partial charge in [0.05, 0.1) is 17.7 Å². The number of aliphatic hydroxyl groups excluding tert-OH is 1. The van der Waals surface area contributed by atoms with Crippen molar-refractivity contribution in [3.8, 4) is 0 Å². The van der Waals surface area contributed by atoms with E-state index in [1.807, 2.05) is 31.9 Å². The quantitative estimate of drug-likeness (QED) is 0.329. The fraction of sp³-hybridized carbons (Fsp3) is 0.571. The Labute approximate surface area is 118 Å². The molecular weight excluding hydrogens is 256 g/mol. The van der Waals surface area contributed by atoms with Gasteiger partial charge >= 0.3 is 0 Å². The molecule has 0 aliphatic heterocycles. The van der Waals surface area contributed by atoms with Gasteiger partial charge in [0.1, 0.15) is 5.82 Å². The normalized spacial score (nSPS) is 15.3. The van der Waals surface area contributed by atoms with Crippen LogP contribution in [0, 0.1) is 0 Å². The number of aryl methyl sites for hydroxylation is 2. The Hall–Kier alpha value is -1.82. The number of aliphatic hydroxyl groups is 1. The second-order valence-electron chi connectivity index (χ2n) is 5.83. The lowest BCUT2D eigenvalue weighted by Crippen LogP contribution is -2.45. The summed E-state index contributed by atoms with van der Waals surface area (Å²) < 4.78 is 0. The molecule has 6 nitrogen and oxygen atoms in total. The molecule has 0 bridgehead atoms. The van der Waals surface area contributed by atoms with Gasteiger partial charge in [-0.05, 0) is 44.7 Å². The fourth-order valence-electron chi connectivity index (χ4n) is 2.35. The molecule has 0 aromatic carbocycles. The number of aromatic nitrogens is 1. The van der Waals surface area contributed by atoms with Crippen LogP contribution in [0.5, 0.6) is 0 Å². The molecule has 1 aliphatic rings. The Kier molecular flexibility index (Phi) is 3.85. The van der Waals surface area contributed by atoms with Crippen molar-refractivity contribution in [1.82, 2.24) is 4.98 Å². The monoisotopic (exact) mass is 278 g/mol. The van der Waals surface area contributed by atoms with E-state index in [-0.39, 0.29) is 12.4 Å². The zero-order valence-corrected chi connectivity index (χ0v) is 12.2. The molecular formula is C14H22N4O2. The highest BCUT2D eigenvalue weighted by atomic mass is 16.4. The number of likely N-dealkylation sites (N-methyl/N-ethyl adjacent to an activating group) is 1. The maximum Gasteiger partial charge on any atom is 0.173 e. The summed E-state index contributed by atoms with van der Waals surface area (Å²) >= 11 is 0. The number of nitrogens with zero attached hydrogens (tertiary/aromatic N) is 3. The molecule has 1 aromatic heterocycles. The molecule has 110 valence electrons. The minimum Gasteiger partial charge on any atom is -0.409 e. The third-order valence-electron chi connectivity index (χ3n) is 4.03. The zero-order valence-electron chi connectivity index (χ0n) is 12.2. The van der Waals surface area contributed by atoms with E-state index in [0.29, 0.717) is 11.4 Å². The molecule has 2 rings (SSSR count). The molecule has 6 heteroatoms. The summed E-state index contributed by atoms with van der Waals surface area (Å²) in [5.41, 5.74) is 8.13. The Morgan fingerprint density at radius 1 is 1.50 bits per heavy atom. The third kappa shape index (κ3) is 2.43. The number of hydrogen-bond acceptors (Lipinski definition) is 5. The van der Waals surface area contributed by atoms with Gasteiger partial charge in [-0.3, -0.25) is 0 Å². The summed E-state index contributed by atoms with van der Waals surface area (Å²) in [5, 5.41) is 21.6. The lowest BCUT2D eigenvalue weighted by atomic mass is 10.0. The smallest absolute Gasteiger partial charge is 0.173 e. The summed E-state index contributed by atoms with van der Waals surface area (Å²) in [7, 11) is 1.86. The Balaban J connectivity index is 2.56. The van der Waals surface area contributed by atoms with Crippen molar-refractivity contribution >= 4 is 11.7 Å². The van der Waals surface area contributed by atoms with Crippen molar-refractivity contribution in [2.45, 2.75) is 38.6 Å². The Morgan fingerprint density at radius 2 is 2.20 bits per heavy atom. The molecule has 1 aliphatic carbocycles. The largest absolute Gasteiger partial charge is 0.409 e. The van der Waals surface area contributed by atoms with Crippen molar-refractivity contribution in [3.63, 3.8) is 0 Å². The van der Waals surface area contributed by atoms with E-state index in [9.17, 15) is 5.11 Å². The number of nitrogens with two attached hydrogens (primary N) is 1. The van der Waals surface area contributed by atoms with Crippen LogP contribution in [0.3, 0.4) is 0 Å². The number of pyridine rings is 1. The van der Waals surface area contributed by atoms with Crippen molar-refractivity contribution < 1.29 is 10.3 Å². The van der Waals surface area contributed by atoms with Gasteiger partial charge in [-0.2, -0.15) is 0 Å². The minimum atomic E-state index is -0.482. The molecule has 0 saturated carbocycles. The highest BCUT2D eigenvalue weighted by Crippen LogP contribution is 2.29. The summed E-state index contributed by atoms with van der Waals surface area (Å²) in [6.07, 6.45) is 3.00. The number of anilines is 1. The SMILES string of the molecule is CN(c1nc2c(cc1C(N)=NO)CCC2)C(C)(C)CO. The van der Waals surface area contributed by atoms with Gasteiger partial charge in [-0.1, -0.05) is 5.16 Å². The van der Waals surface area contributed by atoms with Crippen LogP contribution in [-0.2, 0) is 12.8 Å². The highest BCUT2D eigenvalue weighted by Gasteiger charge is 2.28. The van der Waals surface area contributed by atoms with E-state index in [1.165, 1.54) is 0 Å². The topological polar surface area (TPSA) is 95.0 Å². The molecule has 1 aromatic rings. The number of rotatable bonds is 4.